The largest absolute Gasteiger partial charge is 0.496 e. The second-order valence-electron chi connectivity index (χ2n) is 4.73. The summed E-state index contributed by atoms with van der Waals surface area (Å²) >= 11 is 1.42. The molecule has 0 saturated carbocycles. The van der Waals surface area contributed by atoms with Gasteiger partial charge in [-0.3, -0.25) is 10.1 Å². The molecule has 1 heterocycles. The van der Waals surface area contributed by atoms with Crippen LogP contribution in [0.3, 0.4) is 0 Å². The quantitative estimate of drug-likeness (QED) is 0.891. The molecule has 2 aromatic rings. The molecule has 2 rings (SSSR count). The normalized spacial score (nSPS) is 12.0. The van der Waals surface area contributed by atoms with Crippen molar-refractivity contribution < 1.29 is 9.53 Å². The van der Waals surface area contributed by atoms with Crippen molar-refractivity contribution in [2.75, 3.05) is 19.5 Å². The van der Waals surface area contributed by atoms with Crippen LogP contribution < -0.4 is 15.4 Å². The lowest BCUT2D eigenvalue weighted by Crippen LogP contribution is -2.14. The zero-order valence-electron chi connectivity index (χ0n) is 12.6. The van der Waals surface area contributed by atoms with Gasteiger partial charge in [-0.2, -0.15) is 0 Å². The Morgan fingerprint density at radius 1 is 1.43 bits per heavy atom. The highest BCUT2D eigenvalue weighted by Crippen LogP contribution is 2.23. The molecule has 5 nitrogen and oxygen atoms in total. The van der Waals surface area contributed by atoms with Gasteiger partial charge in [0, 0.05) is 17.0 Å². The molecule has 0 fully saturated rings. The molecule has 2 N–H and O–H groups in total. The molecule has 6 heteroatoms. The first kappa shape index (κ1) is 15.5. The van der Waals surface area contributed by atoms with E-state index in [-0.39, 0.29) is 11.9 Å². The van der Waals surface area contributed by atoms with Gasteiger partial charge in [0.05, 0.1) is 12.8 Å². The third-order valence-corrected chi connectivity index (χ3v) is 4.07. The van der Waals surface area contributed by atoms with E-state index >= 15 is 0 Å². The van der Waals surface area contributed by atoms with E-state index in [0.717, 1.165) is 11.3 Å². The van der Waals surface area contributed by atoms with Crippen molar-refractivity contribution in [3.05, 3.63) is 40.4 Å². The van der Waals surface area contributed by atoms with Crippen molar-refractivity contribution >= 4 is 22.4 Å². The second kappa shape index (κ2) is 6.69. The number of anilines is 1. The molecule has 1 unspecified atom stereocenters. The fraction of sp³-hybridized carbons (Fsp3) is 0.333. The van der Waals surface area contributed by atoms with Gasteiger partial charge in [0.25, 0.3) is 5.91 Å². The summed E-state index contributed by atoms with van der Waals surface area (Å²) in [6.45, 7) is 3.96. The smallest absolute Gasteiger partial charge is 0.257 e. The number of thiazole rings is 1. The average Bonchev–Trinajstić information content (AvgIpc) is 2.95. The van der Waals surface area contributed by atoms with Crippen molar-refractivity contribution in [1.82, 2.24) is 10.3 Å². The van der Waals surface area contributed by atoms with Gasteiger partial charge in [-0.1, -0.05) is 6.07 Å². The molecular weight excluding hydrogens is 286 g/mol. The minimum Gasteiger partial charge on any atom is -0.496 e. The van der Waals surface area contributed by atoms with Crippen molar-refractivity contribution in [2.24, 2.45) is 0 Å². The zero-order chi connectivity index (χ0) is 15.4. The number of amides is 1. The molecule has 1 aromatic carbocycles. The fourth-order valence-corrected chi connectivity index (χ4v) is 2.62. The maximum atomic E-state index is 12.2. The number of nitrogens with zero attached hydrogens (tertiary/aromatic N) is 1. The summed E-state index contributed by atoms with van der Waals surface area (Å²) in [4.78, 5) is 16.6. The highest BCUT2D eigenvalue weighted by Gasteiger charge is 2.12. The summed E-state index contributed by atoms with van der Waals surface area (Å²) in [7, 11) is 3.47. The van der Waals surface area contributed by atoms with Crippen molar-refractivity contribution in [1.29, 1.82) is 0 Å². The van der Waals surface area contributed by atoms with E-state index in [0.29, 0.717) is 16.4 Å². The van der Waals surface area contributed by atoms with Gasteiger partial charge in [0.1, 0.15) is 5.75 Å². The topological polar surface area (TPSA) is 63.2 Å². The van der Waals surface area contributed by atoms with Gasteiger partial charge >= 0.3 is 0 Å². The first-order chi connectivity index (χ1) is 10.0. The Balaban J connectivity index is 2.12. The number of ether oxygens (including phenoxy) is 1. The molecule has 0 aliphatic rings. The minimum absolute atomic E-state index is 0.159. The first-order valence-corrected chi connectivity index (χ1v) is 7.51. The third kappa shape index (κ3) is 3.59. The maximum Gasteiger partial charge on any atom is 0.257 e. The van der Waals surface area contributed by atoms with Crippen LogP contribution in [-0.2, 0) is 0 Å². The van der Waals surface area contributed by atoms with Gasteiger partial charge in [-0.05, 0) is 38.6 Å². The summed E-state index contributed by atoms with van der Waals surface area (Å²) in [5.74, 6) is 0.512. The number of carbonyl (C=O) groups is 1. The highest BCUT2D eigenvalue weighted by atomic mass is 32.1. The monoisotopic (exact) mass is 305 g/mol. The Morgan fingerprint density at radius 3 is 2.86 bits per heavy atom. The van der Waals surface area contributed by atoms with Crippen molar-refractivity contribution in [3.63, 3.8) is 0 Å². The number of nitrogens with one attached hydrogen (secondary N) is 2. The second-order valence-corrected chi connectivity index (χ2v) is 5.58. The number of hydrogen-bond acceptors (Lipinski definition) is 5. The third-order valence-electron chi connectivity index (χ3n) is 3.29. The van der Waals surface area contributed by atoms with Crippen LogP contribution in [0.5, 0.6) is 5.75 Å². The molecule has 0 bridgehead atoms. The Bertz CT molecular complexity index is 640. The highest BCUT2D eigenvalue weighted by molar-refractivity contribution is 7.14. The minimum atomic E-state index is -0.189. The number of aromatic nitrogens is 1. The van der Waals surface area contributed by atoms with Gasteiger partial charge in [-0.15, -0.1) is 11.3 Å². The number of carbonyl (C=O) groups excluding carboxylic acids is 1. The molecule has 1 aromatic heterocycles. The van der Waals surface area contributed by atoms with Gasteiger partial charge in [0.15, 0.2) is 5.13 Å². The molecular formula is C15H19N3O2S. The molecule has 112 valence electrons. The lowest BCUT2D eigenvalue weighted by Gasteiger charge is -2.07. The Kier molecular flexibility index (Phi) is 4.93. The summed E-state index contributed by atoms with van der Waals surface area (Å²) < 4.78 is 5.23. The van der Waals surface area contributed by atoms with E-state index < -0.39 is 0 Å². The van der Waals surface area contributed by atoms with Gasteiger partial charge in [-0.25, -0.2) is 4.98 Å². The number of benzene rings is 1. The molecule has 0 spiro atoms. The predicted molar refractivity (Wildman–Crippen MR) is 85.3 cm³/mol. The summed E-state index contributed by atoms with van der Waals surface area (Å²) in [5.41, 5.74) is 2.46. The molecule has 1 atom stereocenters. The van der Waals surface area contributed by atoms with E-state index in [1.807, 2.05) is 32.3 Å². The van der Waals surface area contributed by atoms with Crippen LogP contribution in [-0.4, -0.2) is 25.0 Å². The Hall–Kier alpha value is -1.92. The summed E-state index contributed by atoms with van der Waals surface area (Å²) in [6.07, 6.45) is 0. The lowest BCUT2D eigenvalue weighted by atomic mass is 10.1. The van der Waals surface area contributed by atoms with Gasteiger partial charge in [0.2, 0.25) is 0 Å². The van der Waals surface area contributed by atoms with E-state index in [4.69, 9.17) is 4.74 Å². The Labute approximate surface area is 128 Å². The Morgan fingerprint density at radius 2 is 2.19 bits per heavy atom. The van der Waals surface area contributed by atoms with E-state index in [9.17, 15) is 4.79 Å². The summed E-state index contributed by atoms with van der Waals surface area (Å²) in [5, 5.41) is 8.46. The van der Waals surface area contributed by atoms with Crippen LogP contribution in [0.1, 0.15) is 34.6 Å². The SMILES string of the molecule is CNC(C)c1csc(NC(=O)c2ccc(C)c(OC)c2)n1. The van der Waals surface area contributed by atoms with Crippen LogP contribution in [0.25, 0.3) is 0 Å². The molecule has 0 radical (unpaired) electrons. The van der Waals surface area contributed by atoms with Crippen molar-refractivity contribution in [3.8, 4) is 5.75 Å². The predicted octanol–water partition coefficient (Wildman–Crippen LogP) is 2.99. The average molecular weight is 305 g/mol. The molecule has 21 heavy (non-hydrogen) atoms. The first-order valence-electron chi connectivity index (χ1n) is 6.63. The number of hydrogen-bond donors (Lipinski definition) is 2. The number of methoxy groups -OCH3 is 1. The van der Waals surface area contributed by atoms with Crippen LogP contribution in [0.4, 0.5) is 5.13 Å². The standard InChI is InChI=1S/C15H19N3O2S/c1-9-5-6-11(7-13(9)20-4)14(19)18-15-17-12(8-21-15)10(2)16-3/h5-8,10,16H,1-4H3,(H,17,18,19). The van der Waals surface area contributed by atoms with Gasteiger partial charge < -0.3 is 10.1 Å². The number of aryl methyl sites for hydroxylation is 1. The molecule has 0 aliphatic heterocycles. The van der Waals surface area contributed by atoms with Crippen LogP contribution in [0.2, 0.25) is 0 Å². The molecule has 0 aliphatic carbocycles. The molecule has 0 saturated heterocycles. The lowest BCUT2D eigenvalue weighted by molar-refractivity contribution is 0.102. The van der Waals surface area contributed by atoms with Crippen LogP contribution >= 0.6 is 11.3 Å². The fourth-order valence-electron chi connectivity index (χ4n) is 1.82. The zero-order valence-corrected chi connectivity index (χ0v) is 13.4. The van der Waals surface area contributed by atoms with E-state index in [2.05, 4.69) is 15.6 Å². The van der Waals surface area contributed by atoms with Crippen LogP contribution in [0.15, 0.2) is 23.6 Å². The summed E-state index contributed by atoms with van der Waals surface area (Å²) in [6, 6.07) is 5.53. The maximum absolute atomic E-state index is 12.2. The van der Waals surface area contributed by atoms with Crippen molar-refractivity contribution in [2.45, 2.75) is 19.9 Å². The molecule has 1 amide bonds. The number of rotatable bonds is 5. The van der Waals surface area contributed by atoms with E-state index in [1.165, 1.54) is 11.3 Å². The van der Waals surface area contributed by atoms with Crippen LogP contribution in [0, 0.1) is 6.92 Å². The van der Waals surface area contributed by atoms with E-state index in [1.54, 1.807) is 19.2 Å².